The van der Waals surface area contributed by atoms with Crippen molar-refractivity contribution in [1.29, 1.82) is 5.26 Å². The van der Waals surface area contributed by atoms with E-state index in [1.54, 1.807) is 0 Å². The van der Waals surface area contributed by atoms with Gasteiger partial charge in [0.25, 0.3) is 0 Å². The zero-order valence-corrected chi connectivity index (χ0v) is 24.7. The molecule has 0 spiro atoms. The highest BCUT2D eigenvalue weighted by Crippen LogP contribution is 2.43. The summed E-state index contributed by atoms with van der Waals surface area (Å²) < 4.78 is 13.0. The molecule has 0 amide bonds. The van der Waals surface area contributed by atoms with Crippen molar-refractivity contribution in [1.82, 2.24) is 0 Å². The molecule has 2 heterocycles. The Hall–Kier alpha value is -6.37. The van der Waals surface area contributed by atoms with Crippen LogP contribution in [0.3, 0.4) is 0 Å². The molecule has 214 valence electrons. The Balaban J connectivity index is 1.34. The van der Waals surface area contributed by atoms with E-state index in [0.717, 1.165) is 88.4 Å². The highest BCUT2D eigenvalue weighted by Gasteiger charge is 2.19. The van der Waals surface area contributed by atoms with Crippen molar-refractivity contribution in [2.75, 3.05) is 0 Å². The van der Waals surface area contributed by atoms with E-state index in [-0.39, 0.29) is 0 Å². The predicted molar refractivity (Wildman–Crippen MR) is 187 cm³/mol. The number of furan rings is 2. The van der Waals surface area contributed by atoms with Crippen molar-refractivity contribution in [3.8, 4) is 50.6 Å². The van der Waals surface area contributed by atoms with Gasteiger partial charge < -0.3 is 8.83 Å². The van der Waals surface area contributed by atoms with Gasteiger partial charge in [0.1, 0.15) is 28.4 Å². The van der Waals surface area contributed by atoms with Gasteiger partial charge in [-0.25, -0.2) is 0 Å². The summed E-state index contributed by atoms with van der Waals surface area (Å²) in [7, 11) is 0. The number of rotatable bonds is 4. The summed E-state index contributed by atoms with van der Waals surface area (Å²) in [6.45, 7) is 0. The van der Waals surface area contributed by atoms with Gasteiger partial charge in [0, 0.05) is 43.8 Å². The van der Waals surface area contributed by atoms with Gasteiger partial charge in [-0.05, 0) is 52.6 Å². The van der Waals surface area contributed by atoms with Gasteiger partial charge in [-0.1, -0.05) is 121 Å². The quantitative estimate of drug-likeness (QED) is 0.206. The molecule has 0 saturated heterocycles. The lowest BCUT2D eigenvalue weighted by Crippen LogP contribution is -1.92. The first-order chi connectivity index (χ1) is 22.8. The molecule has 0 unspecified atom stereocenters. The van der Waals surface area contributed by atoms with E-state index in [9.17, 15) is 5.26 Å². The number of para-hydroxylation sites is 4. The molecule has 9 aromatic rings. The van der Waals surface area contributed by atoms with E-state index < -0.39 is 0 Å². The van der Waals surface area contributed by atoms with Gasteiger partial charge in [-0.15, -0.1) is 0 Å². The second-order valence-corrected chi connectivity index (χ2v) is 11.6. The molecule has 2 aromatic heterocycles. The van der Waals surface area contributed by atoms with Crippen LogP contribution >= 0.6 is 0 Å². The summed E-state index contributed by atoms with van der Waals surface area (Å²) in [5.74, 6) is 0. The Morgan fingerprint density at radius 3 is 1.33 bits per heavy atom. The number of nitrogens with zero attached hydrogens (tertiary/aromatic N) is 1. The summed E-state index contributed by atoms with van der Waals surface area (Å²) >= 11 is 0. The number of nitriles is 1. The van der Waals surface area contributed by atoms with Gasteiger partial charge in [0.15, 0.2) is 0 Å². The topological polar surface area (TPSA) is 50.1 Å². The van der Waals surface area contributed by atoms with E-state index in [2.05, 4.69) is 72.8 Å². The molecule has 0 N–H and O–H groups in total. The molecule has 0 saturated carbocycles. The number of benzene rings is 7. The third-order valence-electron chi connectivity index (χ3n) is 8.94. The molecule has 7 aromatic carbocycles. The van der Waals surface area contributed by atoms with Crippen LogP contribution in [0.15, 0.2) is 160 Å². The van der Waals surface area contributed by atoms with E-state index in [1.165, 1.54) is 0 Å². The molecule has 0 radical (unpaired) electrons. The molecule has 3 heteroatoms. The zero-order chi connectivity index (χ0) is 30.6. The fourth-order valence-electron chi connectivity index (χ4n) is 6.81. The molecule has 0 fully saturated rings. The first-order valence-corrected chi connectivity index (χ1v) is 15.3. The van der Waals surface area contributed by atoms with Crippen LogP contribution in [0.25, 0.3) is 88.4 Å². The van der Waals surface area contributed by atoms with Gasteiger partial charge in [0.05, 0.1) is 5.56 Å². The summed E-state index contributed by atoms with van der Waals surface area (Å²) in [5.41, 5.74) is 11.8. The highest BCUT2D eigenvalue weighted by atomic mass is 16.3. The Kier molecular flexibility index (Phi) is 5.88. The number of hydrogen-bond donors (Lipinski definition) is 0. The lowest BCUT2D eigenvalue weighted by atomic mass is 9.88. The van der Waals surface area contributed by atoms with Crippen molar-refractivity contribution in [2.24, 2.45) is 0 Å². The molecule has 0 aliphatic heterocycles. The summed E-state index contributed by atoms with van der Waals surface area (Å²) in [4.78, 5) is 0. The second-order valence-electron chi connectivity index (χ2n) is 11.6. The SMILES string of the molecule is N#Cc1c(-c2ccccc2)cccc1-c1cc(-c2cccc3c2oc2ccccc23)cc(-c2cccc3c2oc2ccccc23)c1. The van der Waals surface area contributed by atoms with E-state index in [1.807, 2.05) is 84.9 Å². The van der Waals surface area contributed by atoms with Gasteiger partial charge >= 0.3 is 0 Å². The van der Waals surface area contributed by atoms with Crippen LogP contribution in [0.5, 0.6) is 0 Å². The van der Waals surface area contributed by atoms with Crippen molar-refractivity contribution in [2.45, 2.75) is 0 Å². The summed E-state index contributed by atoms with van der Waals surface area (Å²) in [5, 5.41) is 14.9. The molecular formula is C43H25NO2. The fourth-order valence-corrected chi connectivity index (χ4v) is 6.81. The molecule has 0 atom stereocenters. The lowest BCUT2D eigenvalue weighted by molar-refractivity contribution is 0.670. The van der Waals surface area contributed by atoms with E-state index in [4.69, 9.17) is 8.83 Å². The van der Waals surface area contributed by atoms with E-state index in [0.29, 0.717) is 5.56 Å². The normalized spacial score (nSPS) is 11.5. The number of fused-ring (bicyclic) bond motifs is 6. The minimum absolute atomic E-state index is 0.640. The predicted octanol–water partition coefficient (Wildman–Crippen LogP) is 12.0. The molecule has 0 aliphatic rings. The Bertz CT molecular complexity index is 2520. The second kappa shape index (κ2) is 10.4. The van der Waals surface area contributed by atoms with Crippen molar-refractivity contribution in [3.63, 3.8) is 0 Å². The third kappa shape index (κ3) is 4.05. The molecule has 46 heavy (non-hydrogen) atoms. The third-order valence-corrected chi connectivity index (χ3v) is 8.94. The molecule has 0 bridgehead atoms. The monoisotopic (exact) mass is 587 g/mol. The average molecular weight is 588 g/mol. The molecule has 9 rings (SSSR count). The van der Waals surface area contributed by atoms with Crippen LogP contribution in [0.1, 0.15) is 5.56 Å². The Morgan fingerprint density at radius 1 is 0.370 bits per heavy atom. The maximum atomic E-state index is 10.6. The zero-order valence-electron chi connectivity index (χ0n) is 24.7. The fraction of sp³-hybridized carbons (Fsp3) is 0. The van der Waals surface area contributed by atoms with Crippen LogP contribution in [-0.2, 0) is 0 Å². The van der Waals surface area contributed by atoms with Gasteiger partial charge in [-0.2, -0.15) is 5.26 Å². The van der Waals surface area contributed by atoms with Crippen LogP contribution in [-0.4, -0.2) is 0 Å². The van der Waals surface area contributed by atoms with E-state index >= 15 is 0 Å². The van der Waals surface area contributed by atoms with Gasteiger partial charge in [-0.3, -0.25) is 0 Å². The molecule has 3 nitrogen and oxygen atoms in total. The minimum Gasteiger partial charge on any atom is -0.455 e. The smallest absolute Gasteiger partial charge is 0.143 e. The van der Waals surface area contributed by atoms with Crippen molar-refractivity contribution in [3.05, 3.63) is 157 Å². The Labute approximate surface area is 265 Å². The lowest BCUT2D eigenvalue weighted by Gasteiger charge is -2.14. The van der Waals surface area contributed by atoms with Crippen LogP contribution < -0.4 is 0 Å². The van der Waals surface area contributed by atoms with Crippen LogP contribution in [0.2, 0.25) is 0 Å². The summed E-state index contributed by atoms with van der Waals surface area (Å²) in [6, 6.07) is 54.2. The minimum atomic E-state index is 0.640. The average Bonchev–Trinajstić information content (AvgIpc) is 3.70. The first kappa shape index (κ1) is 26.1. The standard InChI is InChI=1S/C43H25NO2/c44-26-39-31(27-11-2-1-3-12-27)15-8-16-32(39)28-23-29(33-17-9-19-37-35-13-4-6-21-40(35)45-42(33)37)25-30(24-28)34-18-10-20-38-36-14-5-7-22-41(36)46-43(34)38/h1-25H. The van der Waals surface area contributed by atoms with Crippen molar-refractivity contribution < 1.29 is 8.83 Å². The Morgan fingerprint density at radius 2 is 0.783 bits per heavy atom. The largest absolute Gasteiger partial charge is 0.455 e. The highest BCUT2D eigenvalue weighted by molar-refractivity contribution is 6.11. The maximum absolute atomic E-state index is 10.6. The maximum Gasteiger partial charge on any atom is 0.143 e. The summed E-state index contributed by atoms with van der Waals surface area (Å²) in [6.07, 6.45) is 0. The van der Waals surface area contributed by atoms with Crippen LogP contribution in [0, 0.1) is 11.3 Å². The molecular weight excluding hydrogens is 562 g/mol. The van der Waals surface area contributed by atoms with Crippen LogP contribution in [0.4, 0.5) is 0 Å². The van der Waals surface area contributed by atoms with Crippen molar-refractivity contribution >= 4 is 43.9 Å². The number of hydrogen-bond acceptors (Lipinski definition) is 3. The molecule has 0 aliphatic carbocycles. The van der Waals surface area contributed by atoms with Gasteiger partial charge in [0.2, 0.25) is 0 Å². The first-order valence-electron chi connectivity index (χ1n) is 15.3.